The molecule has 0 saturated heterocycles. The van der Waals surface area contributed by atoms with Gasteiger partial charge in [0.2, 0.25) is 0 Å². The van der Waals surface area contributed by atoms with Gasteiger partial charge in [-0.1, -0.05) is 90.5 Å². The van der Waals surface area contributed by atoms with Crippen molar-refractivity contribution < 1.29 is 9.84 Å². The van der Waals surface area contributed by atoms with Crippen molar-refractivity contribution in [2.24, 2.45) is 0 Å². The van der Waals surface area contributed by atoms with Crippen molar-refractivity contribution in [1.29, 1.82) is 0 Å². The van der Waals surface area contributed by atoms with Gasteiger partial charge in [-0.05, 0) is 77.5 Å². The fraction of sp³-hybridized carbons (Fsp3) is 0.212. The van der Waals surface area contributed by atoms with Gasteiger partial charge in [0.1, 0.15) is 11.4 Å². The molecule has 0 unspecified atom stereocenters. The topological polar surface area (TPSA) is 32.7 Å². The molecule has 3 nitrogen and oxygen atoms in total. The van der Waals surface area contributed by atoms with E-state index in [2.05, 4.69) is 53.4 Å². The molecule has 0 fully saturated rings. The molecule has 0 heterocycles. The molecule has 5 rings (SSSR count). The lowest BCUT2D eigenvalue weighted by atomic mass is 9.70. The van der Waals surface area contributed by atoms with Crippen LogP contribution in [0.4, 0.5) is 0 Å². The van der Waals surface area contributed by atoms with Gasteiger partial charge >= 0.3 is 0 Å². The van der Waals surface area contributed by atoms with Crippen LogP contribution in [0.15, 0.2) is 103 Å². The van der Waals surface area contributed by atoms with Gasteiger partial charge in [0.05, 0.1) is 7.11 Å². The van der Waals surface area contributed by atoms with Gasteiger partial charge in [-0.2, -0.15) is 0 Å². The van der Waals surface area contributed by atoms with Gasteiger partial charge in [0.15, 0.2) is 0 Å². The number of aliphatic hydroxyl groups is 1. The average molecular weight is 510 g/mol. The standard InChI is InChI=1S/C33H32ClNO2/c1-35(2)20-19-33(36,30-14-8-12-23-9-6-7-13-28(23)30)32(24-15-17-27(34)18-16-24)29-21-25-10-4-5-11-26(25)22-31(29)37-3/h4-18,21-22,32,36H,19-20H2,1-3H3/t32-,33+/m1/s1. The molecule has 0 aliphatic heterocycles. The minimum atomic E-state index is -1.24. The molecule has 0 amide bonds. The molecule has 5 aromatic rings. The van der Waals surface area contributed by atoms with Crippen molar-refractivity contribution in [3.8, 4) is 5.75 Å². The molecular formula is C33H32ClNO2. The average Bonchev–Trinajstić information content (AvgIpc) is 2.92. The van der Waals surface area contributed by atoms with Crippen LogP contribution < -0.4 is 4.74 Å². The van der Waals surface area contributed by atoms with Crippen LogP contribution in [0.2, 0.25) is 5.02 Å². The van der Waals surface area contributed by atoms with Gasteiger partial charge in [-0.15, -0.1) is 0 Å². The minimum Gasteiger partial charge on any atom is -0.496 e. The van der Waals surface area contributed by atoms with Crippen molar-refractivity contribution in [2.45, 2.75) is 17.9 Å². The zero-order chi connectivity index (χ0) is 26.0. The van der Waals surface area contributed by atoms with E-state index in [1.165, 1.54) is 0 Å². The second-order valence-electron chi connectivity index (χ2n) is 9.93. The van der Waals surface area contributed by atoms with Crippen LogP contribution in [0.25, 0.3) is 21.5 Å². The number of fused-ring (bicyclic) bond motifs is 2. The van der Waals surface area contributed by atoms with E-state index < -0.39 is 11.5 Å². The largest absolute Gasteiger partial charge is 0.496 e. The Bertz CT molecular complexity index is 1520. The minimum absolute atomic E-state index is 0.407. The quantitative estimate of drug-likeness (QED) is 0.233. The van der Waals surface area contributed by atoms with Gasteiger partial charge < -0.3 is 14.7 Å². The summed E-state index contributed by atoms with van der Waals surface area (Å²) < 4.78 is 5.98. The smallest absolute Gasteiger partial charge is 0.123 e. The molecule has 188 valence electrons. The maximum absolute atomic E-state index is 13.0. The third-order valence-corrected chi connectivity index (χ3v) is 7.54. The number of hydrogen-bond acceptors (Lipinski definition) is 3. The zero-order valence-corrected chi connectivity index (χ0v) is 22.2. The Morgan fingerprint density at radius 2 is 1.43 bits per heavy atom. The van der Waals surface area contributed by atoms with Gasteiger partial charge in [0.25, 0.3) is 0 Å². The molecule has 0 spiro atoms. The maximum atomic E-state index is 13.0. The van der Waals surface area contributed by atoms with Crippen molar-refractivity contribution in [3.63, 3.8) is 0 Å². The monoisotopic (exact) mass is 509 g/mol. The van der Waals surface area contributed by atoms with E-state index in [1.54, 1.807) is 7.11 Å². The van der Waals surface area contributed by atoms with Crippen LogP contribution >= 0.6 is 11.6 Å². The highest BCUT2D eigenvalue weighted by Crippen LogP contribution is 2.49. The predicted molar refractivity (Wildman–Crippen MR) is 155 cm³/mol. The number of methoxy groups -OCH3 is 1. The number of hydrogen-bond donors (Lipinski definition) is 1. The van der Waals surface area contributed by atoms with E-state index in [1.807, 2.05) is 68.7 Å². The number of nitrogens with zero attached hydrogens (tertiary/aromatic N) is 1. The highest BCUT2D eigenvalue weighted by atomic mass is 35.5. The molecule has 37 heavy (non-hydrogen) atoms. The second-order valence-corrected chi connectivity index (χ2v) is 10.4. The molecular weight excluding hydrogens is 478 g/mol. The second kappa shape index (κ2) is 10.5. The van der Waals surface area contributed by atoms with Crippen molar-refractivity contribution in [2.75, 3.05) is 27.7 Å². The fourth-order valence-electron chi connectivity index (χ4n) is 5.44. The summed E-state index contributed by atoms with van der Waals surface area (Å²) in [6.45, 7) is 0.708. The lowest BCUT2D eigenvalue weighted by Crippen LogP contribution is -2.38. The first-order valence-electron chi connectivity index (χ1n) is 12.6. The maximum Gasteiger partial charge on any atom is 0.123 e. The highest BCUT2D eigenvalue weighted by molar-refractivity contribution is 6.30. The van der Waals surface area contributed by atoms with Crippen molar-refractivity contribution in [3.05, 3.63) is 125 Å². The van der Waals surface area contributed by atoms with Crippen LogP contribution in [0.5, 0.6) is 5.75 Å². The number of ether oxygens (including phenoxy) is 1. The Kier molecular flexibility index (Phi) is 7.21. The Balaban J connectivity index is 1.84. The molecule has 0 bridgehead atoms. The predicted octanol–water partition coefficient (Wildman–Crippen LogP) is 7.63. The van der Waals surface area contributed by atoms with Gasteiger partial charge in [0, 0.05) is 23.0 Å². The normalized spacial score (nSPS) is 14.1. The van der Waals surface area contributed by atoms with Gasteiger partial charge in [-0.3, -0.25) is 0 Å². The van der Waals surface area contributed by atoms with E-state index >= 15 is 0 Å². The Morgan fingerprint density at radius 3 is 2.11 bits per heavy atom. The van der Waals surface area contributed by atoms with Crippen molar-refractivity contribution in [1.82, 2.24) is 4.90 Å². The van der Waals surface area contributed by atoms with Crippen LogP contribution in [0.3, 0.4) is 0 Å². The van der Waals surface area contributed by atoms with Crippen LogP contribution in [0, 0.1) is 0 Å². The van der Waals surface area contributed by atoms with Crippen LogP contribution in [-0.4, -0.2) is 37.8 Å². The summed E-state index contributed by atoms with van der Waals surface area (Å²) in [4.78, 5) is 2.12. The summed E-state index contributed by atoms with van der Waals surface area (Å²) in [5, 5.41) is 18.1. The van der Waals surface area contributed by atoms with E-state index in [4.69, 9.17) is 16.3 Å². The first-order valence-corrected chi connectivity index (χ1v) is 13.0. The SMILES string of the molecule is COc1cc2ccccc2cc1[C@@H](c1ccc(Cl)cc1)[C@](O)(CCN(C)C)c1cccc2ccccc12. The third kappa shape index (κ3) is 4.95. The number of rotatable bonds is 8. The molecule has 0 aromatic heterocycles. The van der Waals surface area contributed by atoms with E-state index in [9.17, 15) is 5.11 Å². The molecule has 0 aliphatic carbocycles. The van der Waals surface area contributed by atoms with E-state index in [-0.39, 0.29) is 0 Å². The fourth-order valence-corrected chi connectivity index (χ4v) is 5.56. The lowest BCUT2D eigenvalue weighted by Gasteiger charge is -2.40. The van der Waals surface area contributed by atoms with Crippen molar-refractivity contribution >= 4 is 33.1 Å². The van der Waals surface area contributed by atoms with E-state index in [0.29, 0.717) is 18.0 Å². The molecule has 5 aromatic carbocycles. The summed E-state index contributed by atoms with van der Waals surface area (Å²) in [5.41, 5.74) is 1.59. The first-order chi connectivity index (χ1) is 17.9. The molecule has 0 radical (unpaired) electrons. The van der Waals surface area contributed by atoms with Gasteiger partial charge in [-0.25, -0.2) is 0 Å². The highest BCUT2D eigenvalue weighted by Gasteiger charge is 2.42. The lowest BCUT2D eigenvalue weighted by molar-refractivity contribution is 0.00534. The van der Waals surface area contributed by atoms with E-state index in [0.717, 1.165) is 44.0 Å². The summed E-state index contributed by atoms with van der Waals surface area (Å²) in [5.74, 6) is 0.345. The summed E-state index contributed by atoms with van der Waals surface area (Å²) in [6.07, 6.45) is 0.525. The Hall–Kier alpha value is -3.37. The molecule has 4 heteroatoms. The Labute approximate surface area is 223 Å². The van der Waals surface area contributed by atoms with Crippen LogP contribution in [0.1, 0.15) is 29.0 Å². The molecule has 1 N–H and O–H groups in total. The summed E-state index contributed by atoms with van der Waals surface area (Å²) in [6, 6.07) is 34.8. The summed E-state index contributed by atoms with van der Waals surface area (Å²) in [7, 11) is 5.78. The zero-order valence-electron chi connectivity index (χ0n) is 21.5. The first kappa shape index (κ1) is 25.3. The third-order valence-electron chi connectivity index (χ3n) is 7.29. The summed E-state index contributed by atoms with van der Waals surface area (Å²) >= 11 is 6.32. The number of benzene rings is 5. The molecule has 2 atom stereocenters. The molecule has 0 aliphatic rings. The number of halogens is 1. The Morgan fingerprint density at radius 1 is 0.811 bits per heavy atom. The molecule has 0 saturated carbocycles. The van der Waals surface area contributed by atoms with Crippen LogP contribution in [-0.2, 0) is 5.60 Å².